The van der Waals surface area contributed by atoms with Crippen molar-refractivity contribution in [1.82, 2.24) is 4.72 Å². The molecule has 2 aromatic carbocycles. The van der Waals surface area contributed by atoms with Gasteiger partial charge in [0.1, 0.15) is 12.4 Å². The zero-order chi connectivity index (χ0) is 19.3. The fourth-order valence-corrected chi connectivity index (χ4v) is 3.42. The van der Waals surface area contributed by atoms with Crippen LogP contribution >= 0.6 is 0 Å². The summed E-state index contributed by atoms with van der Waals surface area (Å²) in [4.78, 5) is 11.7. The predicted molar refractivity (Wildman–Crippen MR) is 99.1 cm³/mol. The Hall–Kier alpha value is -2.38. The molecule has 26 heavy (non-hydrogen) atoms. The lowest BCUT2D eigenvalue weighted by molar-refractivity contribution is 0.0599. The molecular weight excluding hydrogens is 354 g/mol. The molecule has 1 N–H and O–H groups in total. The number of aryl methyl sites for hydroxylation is 3. The summed E-state index contributed by atoms with van der Waals surface area (Å²) in [5.41, 5.74) is 2.93. The van der Waals surface area contributed by atoms with Crippen molar-refractivity contribution in [3.05, 3.63) is 58.7 Å². The number of esters is 1. The van der Waals surface area contributed by atoms with Gasteiger partial charge in [0.15, 0.2) is 0 Å². The summed E-state index contributed by atoms with van der Waals surface area (Å²) in [6.45, 7) is 5.91. The molecule has 0 amide bonds. The van der Waals surface area contributed by atoms with E-state index >= 15 is 0 Å². The Morgan fingerprint density at radius 1 is 1.04 bits per heavy atom. The number of carbonyl (C=O) groups is 1. The normalized spacial score (nSPS) is 11.2. The molecule has 0 aliphatic rings. The van der Waals surface area contributed by atoms with E-state index in [2.05, 4.69) is 9.46 Å². The van der Waals surface area contributed by atoms with Gasteiger partial charge in [-0.1, -0.05) is 18.2 Å². The molecule has 7 heteroatoms. The summed E-state index contributed by atoms with van der Waals surface area (Å²) in [5, 5.41) is 0. The number of ether oxygens (including phenoxy) is 2. The third kappa shape index (κ3) is 4.83. The first-order valence-corrected chi connectivity index (χ1v) is 9.61. The molecule has 0 saturated carbocycles. The first kappa shape index (κ1) is 19.9. The van der Waals surface area contributed by atoms with E-state index in [0.717, 1.165) is 16.9 Å². The first-order valence-electron chi connectivity index (χ1n) is 8.13. The number of hydrogen-bond donors (Lipinski definition) is 1. The minimum absolute atomic E-state index is 0.00948. The summed E-state index contributed by atoms with van der Waals surface area (Å²) in [6, 6.07) is 10.2. The predicted octanol–water partition coefficient (Wildman–Crippen LogP) is 2.76. The van der Waals surface area contributed by atoms with Gasteiger partial charge in [-0.15, -0.1) is 0 Å². The van der Waals surface area contributed by atoms with Gasteiger partial charge in [-0.3, -0.25) is 0 Å². The van der Waals surface area contributed by atoms with Crippen LogP contribution in [0.25, 0.3) is 0 Å². The molecule has 0 unspecified atom stereocenters. The minimum Gasteiger partial charge on any atom is -0.492 e. The molecule has 6 nitrogen and oxygen atoms in total. The SMILES string of the molecule is COC(=O)c1cc(S(=O)(=O)NCCOc2cc(C)ccc2C)ccc1C. The molecule has 0 bridgehead atoms. The molecule has 2 aromatic rings. The van der Waals surface area contributed by atoms with E-state index in [9.17, 15) is 13.2 Å². The number of sulfonamides is 1. The van der Waals surface area contributed by atoms with Crippen LogP contribution in [0.4, 0.5) is 0 Å². The topological polar surface area (TPSA) is 81.7 Å². The molecular formula is C19H23NO5S. The quantitative estimate of drug-likeness (QED) is 0.593. The van der Waals surface area contributed by atoms with E-state index in [1.165, 1.54) is 19.2 Å². The molecule has 0 aliphatic carbocycles. The highest BCUT2D eigenvalue weighted by Crippen LogP contribution is 2.19. The zero-order valence-corrected chi connectivity index (χ0v) is 16.1. The smallest absolute Gasteiger partial charge is 0.338 e. The number of nitrogens with one attached hydrogen (secondary N) is 1. The molecule has 0 fully saturated rings. The summed E-state index contributed by atoms with van der Waals surface area (Å²) >= 11 is 0. The number of benzene rings is 2. The summed E-state index contributed by atoms with van der Waals surface area (Å²) in [6.07, 6.45) is 0. The third-order valence-corrected chi connectivity index (χ3v) is 5.38. The average molecular weight is 377 g/mol. The van der Waals surface area contributed by atoms with Crippen LogP contribution in [0.15, 0.2) is 41.3 Å². The van der Waals surface area contributed by atoms with Crippen LogP contribution < -0.4 is 9.46 Å². The van der Waals surface area contributed by atoms with Crippen molar-refractivity contribution in [3.8, 4) is 5.75 Å². The van der Waals surface area contributed by atoms with Crippen LogP contribution in [0.1, 0.15) is 27.0 Å². The number of rotatable bonds is 7. The number of hydrogen-bond acceptors (Lipinski definition) is 5. The van der Waals surface area contributed by atoms with Crippen molar-refractivity contribution < 1.29 is 22.7 Å². The van der Waals surface area contributed by atoms with Crippen LogP contribution in [0.3, 0.4) is 0 Å². The molecule has 0 heterocycles. The van der Waals surface area contributed by atoms with E-state index < -0.39 is 16.0 Å². The highest BCUT2D eigenvalue weighted by molar-refractivity contribution is 7.89. The lowest BCUT2D eigenvalue weighted by Gasteiger charge is -2.12. The fraction of sp³-hybridized carbons (Fsp3) is 0.316. The Kier molecular flexibility index (Phi) is 6.39. The van der Waals surface area contributed by atoms with Crippen molar-refractivity contribution in [2.45, 2.75) is 25.7 Å². The van der Waals surface area contributed by atoms with Crippen molar-refractivity contribution in [3.63, 3.8) is 0 Å². The Bertz CT molecular complexity index is 906. The fourth-order valence-electron chi connectivity index (χ4n) is 2.38. The van der Waals surface area contributed by atoms with Gasteiger partial charge in [0.2, 0.25) is 10.0 Å². The van der Waals surface area contributed by atoms with Crippen LogP contribution in [0.2, 0.25) is 0 Å². The van der Waals surface area contributed by atoms with E-state index in [-0.39, 0.29) is 23.6 Å². The summed E-state index contributed by atoms with van der Waals surface area (Å²) in [5.74, 6) is 0.158. The maximum atomic E-state index is 12.4. The van der Waals surface area contributed by atoms with Crippen molar-refractivity contribution in [2.75, 3.05) is 20.3 Å². The first-order chi connectivity index (χ1) is 12.2. The molecule has 2 rings (SSSR count). The second-order valence-corrected chi connectivity index (χ2v) is 7.75. The molecule has 0 aromatic heterocycles. The van der Waals surface area contributed by atoms with Gasteiger partial charge >= 0.3 is 5.97 Å². The van der Waals surface area contributed by atoms with Gasteiger partial charge in [0, 0.05) is 6.54 Å². The number of methoxy groups -OCH3 is 1. The molecule has 0 saturated heterocycles. The van der Waals surface area contributed by atoms with Gasteiger partial charge in [0.25, 0.3) is 0 Å². The average Bonchev–Trinajstić information content (AvgIpc) is 2.61. The van der Waals surface area contributed by atoms with Gasteiger partial charge < -0.3 is 9.47 Å². The van der Waals surface area contributed by atoms with E-state index in [0.29, 0.717) is 5.56 Å². The second-order valence-electron chi connectivity index (χ2n) is 5.98. The second kappa shape index (κ2) is 8.33. The molecule has 0 atom stereocenters. The van der Waals surface area contributed by atoms with E-state index in [4.69, 9.17) is 4.74 Å². The van der Waals surface area contributed by atoms with Crippen LogP contribution in [-0.2, 0) is 14.8 Å². The van der Waals surface area contributed by atoms with Crippen LogP contribution in [-0.4, -0.2) is 34.6 Å². The van der Waals surface area contributed by atoms with Crippen molar-refractivity contribution in [1.29, 1.82) is 0 Å². The van der Waals surface area contributed by atoms with Gasteiger partial charge in [0.05, 0.1) is 17.6 Å². The van der Waals surface area contributed by atoms with Gasteiger partial charge in [-0.2, -0.15) is 0 Å². The van der Waals surface area contributed by atoms with Crippen molar-refractivity contribution >= 4 is 16.0 Å². The summed E-state index contributed by atoms with van der Waals surface area (Å²) in [7, 11) is -2.50. The minimum atomic E-state index is -3.75. The zero-order valence-electron chi connectivity index (χ0n) is 15.3. The van der Waals surface area contributed by atoms with Crippen LogP contribution in [0.5, 0.6) is 5.75 Å². The lowest BCUT2D eigenvalue weighted by Crippen LogP contribution is -2.28. The van der Waals surface area contributed by atoms with Gasteiger partial charge in [-0.05, 0) is 55.7 Å². The maximum absolute atomic E-state index is 12.4. The Balaban J connectivity index is 2.03. The standard InChI is InChI=1S/C19H23NO5S/c1-13-5-6-15(3)18(11-13)25-10-9-20-26(22,23)16-8-7-14(2)17(12-16)19(21)24-4/h5-8,11-12,20H,9-10H2,1-4H3. The monoisotopic (exact) mass is 377 g/mol. The number of carbonyl (C=O) groups excluding carboxylic acids is 1. The molecule has 0 spiro atoms. The van der Waals surface area contributed by atoms with Gasteiger partial charge in [-0.25, -0.2) is 17.9 Å². The summed E-state index contributed by atoms with van der Waals surface area (Å²) < 4.78 is 37.6. The lowest BCUT2D eigenvalue weighted by atomic mass is 10.1. The van der Waals surface area contributed by atoms with Crippen LogP contribution in [0, 0.1) is 20.8 Å². The Labute approximate surface area is 154 Å². The largest absolute Gasteiger partial charge is 0.492 e. The highest BCUT2D eigenvalue weighted by Gasteiger charge is 2.18. The molecule has 0 radical (unpaired) electrons. The molecule has 140 valence electrons. The maximum Gasteiger partial charge on any atom is 0.338 e. The van der Waals surface area contributed by atoms with E-state index in [1.54, 1.807) is 13.0 Å². The molecule has 0 aliphatic heterocycles. The van der Waals surface area contributed by atoms with Crippen molar-refractivity contribution in [2.24, 2.45) is 0 Å². The Morgan fingerprint density at radius 3 is 2.42 bits per heavy atom. The van der Waals surface area contributed by atoms with E-state index in [1.807, 2.05) is 32.0 Å². The third-order valence-electron chi connectivity index (χ3n) is 3.92. The Morgan fingerprint density at radius 2 is 1.73 bits per heavy atom. The highest BCUT2D eigenvalue weighted by atomic mass is 32.2.